The van der Waals surface area contributed by atoms with Gasteiger partial charge in [0.25, 0.3) is 0 Å². The van der Waals surface area contributed by atoms with Crippen LogP contribution in [0.25, 0.3) is 0 Å². The summed E-state index contributed by atoms with van der Waals surface area (Å²) >= 11 is 0. The summed E-state index contributed by atoms with van der Waals surface area (Å²) < 4.78 is 0. The van der Waals surface area contributed by atoms with Crippen LogP contribution in [0.3, 0.4) is 0 Å². The number of hydrogen-bond acceptors (Lipinski definition) is 2. The van der Waals surface area contributed by atoms with Crippen LogP contribution in [0.2, 0.25) is 0 Å². The first kappa shape index (κ1) is 13.9. The number of rotatable bonds is 7. The van der Waals surface area contributed by atoms with Gasteiger partial charge in [0.05, 0.1) is 6.10 Å². The lowest BCUT2D eigenvalue weighted by Crippen LogP contribution is -2.39. The number of unbranched alkanes of at least 4 members (excludes halogenated alkanes) is 2. The van der Waals surface area contributed by atoms with Crippen LogP contribution in [0.15, 0.2) is 0 Å². The average molecular weight is 201 g/mol. The molecule has 0 aliphatic heterocycles. The van der Waals surface area contributed by atoms with E-state index >= 15 is 0 Å². The van der Waals surface area contributed by atoms with Gasteiger partial charge in [0.15, 0.2) is 0 Å². The van der Waals surface area contributed by atoms with E-state index in [-0.39, 0.29) is 11.5 Å². The Bertz CT molecular complexity index is 143. The lowest BCUT2D eigenvalue weighted by atomic mass is 9.87. The van der Waals surface area contributed by atoms with Gasteiger partial charge in [-0.15, -0.1) is 0 Å². The van der Waals surface area contributed by atoms with E-state index in [9.17, 15) is 5.11 Å². The molecule has 0 aromatic rings. The van der Waals surface area contributed by atoms with E-state index in [2.05, 4.69) is 32.7 Å². The van der Waals surface area contributed by atoms with Crippen molar-refractivity contribution in [1.82, 2.24) is 4.90 Å². The van der Waals surface area contributed by atoms with Crippen molar-refractivity contribution >= 4 is 0 Å². The Morgan fingerprint density at radius 3 is 2.29 bits per heavy atom. The van der Waals surface area contributed by atoms with Crippen molar-refractivity contribution < 1.29 is 5.11 Å². The maximum Gasteiger partial charge on any atom is 0.0575 e. The van der Waals surface area contributed by atoms with Crippen molar-refractivity contribution in [3.8, 4) is 0 Å². The van der Waals surface area contributed by atoms with Crippen molar-refractivity contribution in [1.29, 1.82) is 0 Å². The van der Waals surface area contributed by atoms with E-state index in [1.54, 1.807) is 0 Å². The zero-order valence-electron chi connectivity index (χ0n) is 10.5. The van der Waals surface area contributed by atoms with Crippen LogP contribution in [-0.4, -0.2) is 36.2 Å². The Balaban J connectivity index is 3.75. The average Bonchev–Trinajstić information content (AvgIpc) is 2.03. The summed E-state index contributed by atoms with van der Waals surface area (Å²) in [6.07, 6.45) is 3.60. The predicted molar refractivity (Wildman–Crippen MR) is 62.5 cm³/mol. The molecule has 2 nitrogen and oxygen atoms in total. The van der Waals surface area contributed by atoms with Crippen molar-refractivity contribution in [2.24, 2.45) is 5.41 Å². The second kappa shape index (κ2) is 6.41. The molecule has 1 N–H and O–H groups in total. The summed E-state index contributed by atoms with van der Waals surface area (Å²) in [6.45, 7) is 10.4. The fourth-order valence-electron chi connectivity index (χ4n) is 1.54. The molecule has 0 amide bonds. The van der Waals surface area contributed by atoms with E-state index in [1.807, 2.05) is 6.92 Å². The van der Waals surface area contributed by atoms with Crippen molar-refractivity contribution in [2.45, 2.75) is 53.1 Å². The summed E-state index contributed by atoms with van der Waals surface area (Å²) in [5.74, 6) is 0. The van der Waals surface area contributed by atoms with Crippen LogP contribution >= 0.6 is 0 Å². The Kier molecular flexibility index (Phi) is 6.38. The number of hydrogen-bond donors (Lipinski definition) is 1. The molecule has 0 fully saturated rings. The molecular formula is C12H27NO. The highest BCUT2D eigenvalue weighted by molar-refractivity contribution is 4.77. The molecule has 0 spiro atoms. The molecule has 0 saturated heterocycles. The quantitative estimate of drug-likeness (QED) is 0.640. The Labute approximate surface area is 89.3 Å². The monoisotopic (exact) mass is 201 g/mol. The first-order valence-corrected chi connectivity index (χ1v) is 5.76. The minimum Gasteiger partial charge on any atom is -0.393 e. The highest BCUT2D eigenvalue weighted by atomic mass is 16.3. The molecule has 14 heavy (non-hydrogen) atoms. The molecule has 0 heterocycles. The summed E-state index contributed by atoms with van der Waals surface area (Å²) in [5.41, 5.74) is 0.000957. The topological polar surface area (TPSA) is 23.5 Å². The van der Waals surface area contributed by atoms with Gasteiger partial charge in [-0.1, -0.05) is 33.6 Å². The maximum atomic E-state index is 9.57. The first-order chi connectivity index (χ1) is 6.40. The van der Waals surface area contributed by atoms with Gasteiger partial charge >= 0.3 is 0 Å². The molecule has 1 unspecified atom stereocenters. The molecule has 0 radical (unpaired) electrons. The van der Waals surface area contributed by atoms with Gasteiger partial charge in [0, 0.05) is 12.0 Å². The van der Waals surface area contributed by atoms with Crippen LogP contribution in [0.4, 0.5) is 0 Å². The molecule has 0 aromatic carbocycles. The van der Waals surface area contributed by atoms with E-state index in [4.69, 9.17) is 0 Å². The van der Waals surface area contributed by atoms with Gasteiger partial charge in [-0.05, 0) is 26.9 Å². The normalized spacial score (nSPS) is 14.8. The van der Waals surface area contributed by atoms with Gasteiger partial charge in [-0.25, -0.2) is 0 Å². The van der Waals surface area contributed by atoms with Crippen molar-refractivity contribution in [3.05, 3.63) is 0 Å². The van der Waals surface area contributed by atoms with Crippen molar-refractivity contribution in [2.75, 3.05) is 20.1 Å². The van der Waals surface area contributed by atoms with Gasteiger partial charge in [0.2, 0.25) is 0 Å². The number of nitrogens with zero attached hydrogens (tertiary/aromatic N) is 1. The minimum atomic E-state index is -0.240. The third-order valence-corrected chi connectivity index (χ3v) is 2.95. The Morgan fingerprint density at radius 2 is 1.86 bits per heavy atom. The molecule has 86 valence electrons. The van der Waals surface area contributed by atoms with Crippen LogP contribution in [0.5, 0.6) is 0 Å². The lowest BCUT2D eigenvalue weighted by Gasteiger charge is -2.32. The fraction of sp³-hybridized carbons (Fsp3) is 1.00. The first-order valence-electron chi connectivity index (χ1n) is 5.76. The molecule has 0 aliphatic rings. The van der Waals surface area contributed by atoms with Crippen LogP contribution in [0, 0.1) is 5.41 Å². The predicted octanol–water partition coefficient (Wildman–Crippen LogP) is 2.52. The van der Waals surface area contributed by atoms with Gasteiger partial charge in [-0.3, -0.25) is 0 Å². The molecule has 0 aromatic heterocycles. The van der Waals surface area contributed by atoms with E-state index in [1.165, 1.54) is 19.3 Å². The summed E-state index contributed by atoms with van der Waals surface area (Å²) in [4.78, 5) is 2.32. The van der Waals surface area contributed by atoms with Gasteiger partial charge in [-0.2, -0.15) is 0 Å². The number of aliphatic hydroxyl groups excluding tert-OH is 1. The SMILES string of the molecule is CCCCCN(C)CC(C)(C)C(C)O. The standard InChI is InChI=1S/C12H27NO/c1-6-7-8-9-13(5)10-12(3,4)11(2)14/h11,14H,6-10H2,1-5H3. The van der Waals surface area contributed by atoms with Gasteiger partial charge < -0.3 is 10.0 Å². The van der Waals surface area contributed by atoms with Crippen LogP contribution < -0.4 is 0 Å². The summed E-state index contributed by atoms with van der Waals surface area (Å²) in [7, 11) is 2.14. The van der Waals surface area contributed by atoms with Crippen molar-refractivity contribution in [3.63, 3.8) is 0 Å². The minimum absolute atomic E-state index is 0.000957. The van der Waals surface area contributed by atoms with Crippen LogP contribution in [-0.2, 0) is 0 Å². The Hall–Kier alpha value is -0.0800. The lowest BCUT2D eigenvalue weighted by molar-refractivity contribution is 0.0405. The van der Waals surface area contributed by atoms with E-state index in [0.717, 1.165) is 13.1 Å². The fourth-order valence-corrected chi connectivity index (χ4v) is 1.54. The summed E-state index contributed by atoms with van der Waals surface area (Å²) in [6, 6.07) is 0. The summed E-state index contributed by atoms with van der Waals surface area (Å²) in [5, 5.41) is 9.57. The zero-order valence-corrected chi connectivity index (χ0v) is 10.5. The molecule has 0 rings (SSSR count). The zero-order chi connectivity index (χ0) is 11.2. The Morgan fingerprint density at radius 1 is 1.29 bits per heavy atom. The molecule has 0 aliphatic carbocycles. The maximum absolute atomic E-state index is 9.57. The molecule has 0 bridgehead atoms. The number of aliphatic hydroxyl groups is 1. The molecule has 0 saturated carbocycles. The van der Waals surface area contributed by atoms with E-state index < -0.39 is 0 Å². The molecule has 1 atom stereocenters. The van der Waals surface area contributed by atoms with E-state index in [0.29, 0.717) is 0 Å². The second-order valence-corrected chi connectivity index (χ2v) is 5.11. The highest BCUT2D eigenvalue weighted by Crippen LogP contribution is 2.21. The third kappa shape index (κ3) is 5.61. The second-order valence-electron chi connectivity index (χ2n) is 5.11. The van der Waals surface area contributed by atoms with Gasteiger partial charge in [0.1, 0.15) is 0 Å². The largest absolute Gasteiger partial charge is 0.393 e. The smallest absolute Gasteiger partial charge is 0.0575 e. The molecular weight excluding hydrogens is 174 g/mol. The van der Waals surface area contributed by atoms with Crippen LogP contribution in [0.1, 0.15) is 47.0 Å². The highest BCUT2D eigenvalue weighted by Gasteiger charge is 2.25. The third-order valence-electron chi connectivity index (χ3n) is 2.95. The molecule has 2 heteroatoms.